The molecule has 0 radical (unpaired) electrons. The number of benzene rings is 1. The largest absolute Gasteiger partial charge is 0.376 e. The normalized spacial score (nSPS) is 18.6. The number of fused-ring (bicyclic) bond motifs is 1. The minimum atomic E-state index is 0.00650. The molecule has 1 fully saturated rings. The third-order valence-electron chi connectivity index (χ3n) is 5.17. The maximum Gasteiger partial charge on any atom is 0.261 e. The van der Waals surface area contributed by atoms with Crippen LogP contribution < -0.4 is 4.72 Å². The highest BCUT2D eigenvalue weighted by Crippen LogP contribution is 2.29. The number of carbonyl (C=O) groups is 1. The molecule has 0 spiro atoms. The van der Waals surface area contributed by atoms with Crippen molar-refractivity contribution < 1.29 is 9.53 Å². The number of carbonyl (C=O) groups excluding carboxylic acids is 1. The Bertz CT molecular complexity index is 610. The molecular weight excluding hydrogens is 330 g/mol. The van der Waals surface area contributed by atoms with Gasteiger partial charge in [-0.15, -0.1) is 0 Å². The molecule has 1 aliphatic heterocycles. The minimum Gasteiger partial charge on any atom is -0.376 e. The van der Waals surface area contributed by atoms with E-state index in [1.807, 2.05) is 18.2 Å². The molecule has 1 N–H and O–H groups in total. The molecule has 0 aromatic heterocycles. The van der Waals surface area contributed by atoms with Gasteiger partial charge in [-0.1, -0.05) is 44.4 Å². The van der Waals surface area contributed by atoms with Crippen LogP contribution in [0, 0.1) is 11.8 Å². The molecule has 4 heteroatoms. The first kappa shape index (κ1) is 18.5. The second-order valence-electron chi connectivity index (χ2n) is 7.37. The predicted molar refractivity (Wildman–Crippen MR) is 105 cm³/mol. The zero-order chi connectivity index (χ0) is 17.5. The van der Waals surface area contributed by atoms with Crippen LogP contribution >= 0.6 is 11.9 Å². The number of nitrogens with one attached hydrogen (secondary N) is 1. The van der Waals surface area contributed by atoms with E-state index in [1.54, 1.807) is 0 Å². The highest BCUT2D eigenvalue weighted by atomic mass is 32.2. The second-order valence-corrected chi connectivity index (χ2v) is 8.20. The van der Waals surface area contributed by atoms with Crippen molar-refractivity contribution in [3.63, 3.8) is 0 Å². The van der Waals surface area contributed by atoms with Crippen LogP contribution in [-0.4, -0.2) is 18.3 Å². The van der Waals surface area contributed by atoms with Crippen LogP contribution in [0.5, 0.6) is 0 Å². The molecule has 1 saturated carbocycles. The maximum absolute atomic E-state index is 12.3. The summed E-state index contributed by atoms with van der Waals surface area (Å²) in [6.45, 7) is 3.65. The van der Waals surface area contributed by atoms with E-state index < -0.39 is 0 Å². The van der Waals surface area contributed by atoms with E-state index in [-0.39, 0.29) is 5.91 Å². The van der Waals surface area contributed by atoms with Crippen molar-refractivity contribution in [2.24, 2.45) is 11.8 Å². The fourth-order valence-corrected chi connectivity index (χ4v) is 3.98. The predicted octanol–water partition coefficient (Wildman–Crippen LogP) is 4.91. The van der Waals surface area contributed by atoms with Crippen LogP contribution in [0.1, 0.15) is 60.5 Å². The summed E-state index contributed by atoms with van der Waals surface area (Å²) in [5, 5.41) is 0. The first-order valence-electron chi connectivity index (χ1n) is 9.49. The molecule has 136 valence electrons. The van der Waals surface area contributed by atoms with Gasteiger partial charge in [0.15, 0.2) is 0 Å². The van der Waals surface area contributed by atoms with Gasteiger partial charge in [-0.2, -0.15) is 0 Å². The standard InChI is InChI=1S/C21H29NO2S/c1-16(5-2-3-6-17-7-4-8-17)15-25-22-21(23)19-9-10-20-14-24-12-11-18(20)13-19/h2-3,9-10,13,16-17H,4-8,11-12,14-15H2,1H3,(H,22,23)/b3-2+/t16-/m0/s1. The summed E-state index contributed by atoms with van der Waals surface area (Å²) in [6.07, 6.45) is 12.2. The van der Waals surface area contributed by atoms with Crippen LogP contribution in [0.2, 0.25) is 0 Å². The van der Waals surface area contributed by atoms with Gasteiger partial charge in [-0.05, 0) is 66.3 Å². The lowest BCUT2D eigenvalue weighted by atomic mass is 9.83. The van der Waals surface area contributed by atoms with Crippen LogP contribution in [0.4, 0.5) is 0 Å². The van der Waals surface area contributed by atoms with Crippen LogP contribution in [0.15, 0.2) is 30.4 Å². The van der Waals surface area contributed by atoms with Crippen molar-refractivity contribution >= 4 is 17.9 Å². The first-order chi connectivity index (χ1) is 12.2. The van der Waals surface area contributed by atoms with Gasteiger partial charge in [-0.25, -0.2) is 0 Å². The van der Waals surface area contributed by atoms with Gasteiger partial charge in [0.25, 0.3) is 5.91 Å². The van der Waals surface area contributed by atoms with E-state index in [2.05, 4.69) is 23.8 Å². The third-order valence-corrected chi connectivity index (χ3v) is 6.24. The van der Waals surface area contributed by atoms with Gasteiger partial charge < -0.3 is 4.74 Å². The average Bonchev–Trinajstić information content (AvgIpc) is 2.59. The smallest absolute Gasteiger partial charge is 0.261 e. The summed E-state index contributed by atoms with van der Waals surface area (Å²) in [4.78, 5) is 12.3. The van der Waals surface area contributed by atoms with Crippen LogP contribution in [0.25, 0.3) is 0 Å². The summed E-state index contributed by atoms with van der Waals surface area (Å²) in [5.74, 6) is 2.47. The monoisotopic (exact) mass is 359 g/mol. The molecule has 1 heterocycles. The van der Waals surface area contributed by atoms with E-state index in [1.165, 1.54) is 48.8 Å². The molecule has 3 rings (SSSR count). The third kappa shape index (κ3) is 5.61. The second kappa shape index (κ2) is 9.44. The van der Waals surface area contributed by atoms with Gasteiger partial charge in [0.2, 0.25) is 0 Å². The Morgan fingerprint density at radius 1 is 1.36 bits per heavy atom. The van der Waals surface area contributed by atoms with E-state index in [9.17, 15) is 4.79 Å². The molecule has 3 nitrogen and oxygen atoms in total. The van der Waals surface area contributed by atoms with Crippen LogP contribution in [0.3, 0.4) is 0 Å². The summed E-state index contributed by atoms with van der Waals surface area (Å²) < 4.78 is 8.43. The highest BCUT2D eigenvalue weighted by Gasteiger charge is 2.15. The van der Waals surface area contributed by atoms with E-state index in [0.717, 1.165) is 36.7 Å². The number of hydrogen-bond acceptors (Lipinski definition) is 3. The topological polar surface area (TPSA) is 38.3 Å². The fraction of sp³-hybridized carbons (Fsp3) is 0.571. The summed E-state index contributed by atoms with van der Waals surface area (Å²) in [6, 6.07) is 5.93. The quantitative estimate of drug-likeness (QED) is 0.529. The van der Waals surface area contributed by atoms with Gasteiger partial charge >= 0.3 is 0 Å². The SMILES string of the molecule is C[C@@H](C/C=C/CC1CCC1)CSNC(=O)c1ccc2c(c1)CCOC2. The van der Waals surface area contributed by atoms with Gasteiger partial charge in [0.05, 0.1) is 13.2 Å². The molecule has 0 bridgehead atoms. The van der Waals surface area contributed by atoms with E-state index >= 15 is 0 Å². The van der Waals surface area contributed by atoms with Crippen molar-refractivity contribution in [3.05, 3.63) is 47.0 Å². The van der Waals surface area contributed by atoms with Crippen molar-refractivity contribution in [3.8, 4) is 0 Å². The number of ether oxygens (including phenoxy) is 1. The molecule has 1 amide bonds. The molecule has 1 atom stereocenters. The van der Waals surface area contributed by atoms with E-state index in [4.69, 9.17) is 4.74 Å². The molecule has 1 aliphatic carbocycles. The van der Waals surface area contributed by atoms with Crippen molar-refractivity contribution in [1.82, 2.24) is 4.72 Å². The Morgan fingerprint density at radius 3 is 3.04 bits per heavy atom. The zero-order valence-electron chi connectivity index (χ0n) is 15.1. The Hall–Kier alpha value is -1.26. The average molecular weight is 360 g/mol. The minimum absolute atomic E-state index is 0.00650. The number of rotatable bonds is 8. The molecule has 0 saturated heterocycles. The lowest BCUT2D eigenvalue weighted by Crippen LogP contribution is -2.19. The maximum atomic E-state index is 12.3. The Kier molecular flexibility index (Phi) is 7.00. The van der Waals surface area contributed by atoms with Crippen molar-refractivity contribution in [2.75, 3.05) is 12.4 Å². The van der Waals surface area contributed by atoms with Crippen LogP contribution in [-0.2, 0) is 17.8 Å². The Labute approximate surface area is 155 Å². The van der Waals surface area contributed by atoms with Gasteiger partial charge in [-0.3, -0.25) is 9.52 Å². The van der Waals surface area contributed by atoms with Crippen molar-refractivity contribution in [2.45, 2.75) is 52.1 Å². The molecule has 25 heavy (non-hydrogen) atoms. The van der Waals surface area contributed by atoms with Gasteiger partial charge in [0.1, 0.15) is 0 Å². The molecule has 1 aromatic rings. The lowest BCUT2D eigenvalue weighted by Gasteiger charge is -2.23. The first-order valence-corrected chi connectivity index (χ1v) is 10.5. The molecule has 0 unspecified atom stereocenters. The Morgan fingerprint density at radius 2 is 2.24 bits per heavy atom. The Balaban J connectivity index is 1.35. The summed E-state index contributed by atoms with van der Waals surface area (Å²) in [5.41, 5.74) is 3.20. The number of hydrogen-bond donors (Lipinski definition) is 1. The molecule has 1 aromatic carbocycles. The van der Waals surface area contributed by atoms with Gasteiger partial charge in [0, 0.05) is 11.3 Å². The molecular formula is C21H29NO2S. The lowest BCUT2D eigenvalue weighted by molar-refractivity contribution is 0.0981. The van der Waals surface area contributed by atoms with Crippen molar-refractivity contribution in [1.29, 1.82) is 0 Å². The molecule has 2 aliphatic rings. The number of allylic oxidation sites excluding steroid dienone is 2. The zero-order valence-corrected chi connectivity index (χ0v) is 15.9. The van der Waals surface area contributed by atoms with E-state index in [0.29, 0.717) is 12.5 Å². The fourth-order valence-electron chi connectivity index (χ4n) is 3.23. The summed E-state index contributed by atoms with van der Waals surface area (Å²) in [7, 11) is 0. The number of amides is 1. The highest BCUT2D eigenvalue weighted by molar-refractivity contribution is 7.97. The summed E-state index contributed by atoms with van der Waals surface area (Å²) >= 11 is 1.52.